The van der Waals surface area contributed by atoms with E-state index in [0.717, 1.165) is 39.0 Å². The zero-order valence-electron chi connectivity index (χ0n) is 15.9. The van der Waals surface area contributed by atoms with Gasteiger partial charge in [0, 0.05) is 0 Å². The molecule has 0 amide bonds. The molecule has 4 nitrogen and oxygen atoms in total. The van der Waals surface area contributed by atoms with Crippen molar-refractivity contribution in [3.05, 3.63) is 77.4 Å². The van der Waals surface area contributed by atoms with Crippen molar-refractivity contribution in [2.75, 3.05) is 7.05 Å². The highest BCUT2D eigenvalue weighted by molar-refractivity contribution is 6.63. The zero-order valence-corrected chi connectivity index (χ0v) is 15.9. The Hall–Kier alpha value is -2.76. The second-order valence-electron chi connectivity index (χ2n) is 6.70. The lowest BCUT2D eigenvalue weighted by atomic mass is 9.75. The van der Waals surface area contributed by atoms with Crippen LogP contribution in [-0.2, 0) is 6.61 Å². The molecule has 0 fully saturated rings. The van der Waals surface area contributed by atoms with Gasteiger partial charge in [-0.1, -0.05) is 30.3 Å². The Morgan fingerprint density at radius 1 is 0.963 bits per heavy atom. The maximum Gasteiger partial charge on any atom is 0.412 e. The molecule has 0 aliphatic heterocycles. The molecule has 0 heterocycles. The summed E-state index contributed by atoms with van der Waals surface area (Å²) in [6.07, 6.45) is 0. The number of hydrogen-bond acceptors (Lipinski definition) is 4. The van der Waals surface area contributed by atoms with Crippen LogP contribution in [-0.4, -0.2) is 24.2 Å². The lowest BCUT2D eigenvalue weighted by Gasteiger charge is -2.13. The Bertz CT molecular complexity index is 902. The van der Waals surface area contributed by atoms with Crippen molar-refractivity contribution in [3.63, 3.8) is 0 Å². The first-order valence-electron chi connectivity index (χ1n) is 8.95. The molecule has 0 spiro atoms. The van der Waals surface area contributed by atoms with Crippen molar-refractivity contribution in [1.82, 2.24) is 5.23 Å². The van der Waals surface area contributed by atoms with Crippen LogP contribution in [0.5, 0.6) is 11.5 Å². The molecule has 3 rings (SSSR count). The molecule has 0 atom stereocenters. The number of benzene rings is 3. The van der Waals surface area contributed by atoms with Crippen LogP contribution in [0, 0.1) is 13.8 Å². The Kier molecular flexibility index (Phi) is 5.84. The van der Waals surface area contributed by atoms with Crippen molar-refractivity contribution in [1.29, 1.82) is 0 Å². The molecule has 3 N–H and O–H groups in total. The number of rotatable bonds is 6. The van der Waals surface area contributed by atoms with Crippen LogP contribution in [0.4, 0.5) is 0 Å². The van der Waals surface area contributed by atoms with Crippen LogP contribution in [0.2, 0.25) is 0 Å². The zero-order chi connectivity index (χ0) is 19.4. The number of phenols is 1. The van der Waals surface area contributed by atoms with Gasteiger partial charge in [-0.15, -0.1) is 0 Å². The van der Waals surface area contributed by atoms with E-state index < -0.39 is 7.05 Å². The summed E-state index contributed by atoms with van der Waals surface area (Å²) >= 11 is 0. The second kappa shape index (κ2) is 8.29. The summed E-state index contributed by atoms with van der Waals surface area (Å²) in [5.74, 6) is 1.05. The van der Waals surface area contributed by atoms with E-state index in [1.54, 1.807) is 19.2 Å². The largest absolute Gasteiger partial charge is 0.508 e. The fraction of sp³-hybridized carbons (Fsp3) is 0.182. The van der Waals surface area contributed by atoms with Gasteiger partial charge in [0.1, 0.15) is 18.1 Å². The third-order valence-corrected chi connectivity index (χ3v) is 4.61. The van der Waals surface area contributed by atoms with Gasteiger partial charge in [0.05, 0.1) is 0 Å². The van der Waals surface area contributed by atoms with Crippen LogP contribution in [0.1, 0.15) is 16.7 Å². The van der Waals surface area contributed by atoms with E-state index in [2.05, 4.69) is 17.4 Å². The summed E-state index contributed by atoms with van der Waals surface area (Å²) in [7, 11) is 1.03. The third kappa shape index (κ3) is 4.51. The number of aromatic hydroxyl groups is 1. The predicted octanol–water partition coefficient (Wildman–Crippen LogP) is 3.16. The molecule has 0 unspecified atom stereocenters. The Labute approximate surface area is 160 Å². The van der Waals surface area contributed by atoms with Crippen molar-refractivity contribution in [2.24, 2.45) is 0 Å². The first kappa shape index (κ1) is 19.0. The molecule has 3 aromatic rings. The van der Waals surface area contributed by atoms with Gasteiger partial charge in [-0.2, -0.15) is 0 Å². The van der Waals surface area contributed by atoms with E-state index >= 15 is 0 Å². The van der Waals surface area contributed by atoms with Crippen LogP contribution < -0.4 is 15.4 Å². The van der Waals surface area contributed by atoms with Crippen LogP contribution in [0.25, 0.3) is 11.1 Å². The van der Waals surface area contributed by atoms with Crippen LogP contribution in [0.3, 0.4) is 0 Å². The molecular weight excluding hydrogens is 337 g/mol. The highest BCUT2D eigenvalue weighted by atomic mass is 16.5. The summed E-state index contributed by atoms with van der Waals surface area (Å²) in [6, 6.07) is 19.2. The quantitative estimate of drug-likeness (QED) is 0.591. The van der Waals surface area contributed by atoms with Gasteiger partial charge in [0.25, 0.3) is 0 Å². The number of phenolic OH excluding ortho intramolecular Hbond substituents is 1. The summed E-state index contributed by atoms with van der Waals surface area (Å²) in [5, 5.41) is 22.3. The molecule has 27 heavy (non-hydrogen) atoms. The molecule has 0 aliphatic rings. The van der Waals surface area contributed by atoms with Gasteiger partial charge in [-0.3, -0.25) is 0 Å². The molecule has 0 saturated carbocycles. The van der Waals surface area contributed by atoms with Crippen molar-refractivity contribution in [3.8, 4) is 22.6 Å². The lowest BCUT2D eigenvalue weighted by molar-refractivity contribution is 0.306. The normalized spacial score (nSPS) is 10.7. The third-order valence-electron chi connectivity index (χ3n) is 4.61. The molecule has 138 valence electrons. The van der Waals surface area contributed by atoms with Crippen molar-refractivity contribution in [2.45, 2.75) is 20.5 Å². The average Bonchev–Trinajstić information content (AvgIpc) is 2.66. The molecule has 0 aromatic heterocycles. The highest BCUT2D eigenvalue weighted by Crippen LogP contribution is 2.31. The van der Waals surface area contributed by atoms with Crippen molar-refractivity contribution < 1.29 is 14.9 Å². The van der Waals surface area contributed by atoms with Crippen LogP contribution in [0.15, 0.2) is 60.7 Å². The van der Waals surface area contributed by atoms with Gasteiger partial charge in [0.15, 0.2) is 0 Å². The number of nitrogens with one attached hydrogen (secondary N) is 1. The molecule has 3 aromatic carbocycles. The molecule has 0 bridgehead atoms. The lowest BCUT2D eigenvalue weighted by Crippen LogP contribution is -2.42. The molecular formula is C22H24BNO3. The summed E-state index contributed by atoms with van der Waals surface area (Å²) < 4.78 is 5.89. The maximum absolute atomic E-state index is 9.76. The number of hydrogen-bond donors (Lipinski definition) is 3. The number of ether oxygens (including phenoxy) is 1. The minimum Gasteiger partial charge on any atom is -0.508 e. The fourth-order valence-electron chi connectivity index (χ4n) is 3.29. The second-order valence-corrected chi connectivity index (χ2v) is 6.70. The molecule has 0 aliphatic carbocycles. The Morgan fingerprint density at radius 2 is 1.63 bits per heavy atom. The Morgan fingerprint density at radius 3 is 2.26 bits per heavy atom. The fourth-order valence-corrected chi connectivity index (χ4v) is 3.29. The van der Waals surface area contributed by atoms with E-state index in [0.29, 0.717) is 12.4 Å². The van der Waals surface area contributed by atoms with Gasteiger partial charge >= 0.3 is 7.05 Å². The first-order valence-corrected chi connectivity index (χ1v) is 8.95. The highest BCUT2D eigenvalue weighted by Gasteiger charge is 2.11. The number of aryl methyl sites for hydroxylation is 2. The summed E-state index contributed by atoms with van der Waals surface area (Å²) in [4.78, 5) is 0. The van der Waals surface area contributed by atoms with E-state index in [-0.39, 0.29) is 0 Å². The van der Waals surface area contributed by atoms with Crippen molar-refractivity contribution >= 4 is 12.5 Å². The predicted molar refractivity (Wildman–Crippen MR) is 110 cm³/mol. The monoisotopic (exact) mass is 361 g/mol. The molecule has 0 saturated heterocycles. The Balaban J connectivity index is 1.75. The molecule has 0 radical (unpaired) electrons. The summed E-state index contributed by atoms with van der Waals surface area (Å²) in [5.41, 5.74) is 6.20. The van der Waals surface area contributed by atoms with Gasteiger partial charge in [-0.05, 0) is 84.5 Å². The smallest absolute Gasteiger partial charge is 0.412 e. The van der Waals surface area contributed by atoms with Gasteiger partial charge < -0.3 is 20.1 Å². The van der Waals surface area contributed by atoms with Gasteiger partial charge in [0.2, 0.25) is 0 Å². The average molecular weight is 361 g/mol. The SMILES string of the molecule is CNB(O)c1ccc(OCc2cccc(-c3c(C)cc(O)cc3C)c2)cc1. The standard InChI is InChI=1S/C22H24BNO3/c1-15-11-20(25)12-16(2)22(15)18-6-4-5-17(13-18)14-27-21-9-7-19(8-10-21)23(26)24-3/h4-13,24-26H,14H2,1-3H3. The van der Waals surface area contributed by atoms with Crippen LogP contribution >= 0.6 is 0 Å². The first-order chi connectivity index (χ1) is 13.0. The maximum atomic E-state index is 9.76. The van der Waals surface area contributed by atoms with Gasteiger partial charge in [-0.25, -0.2) is 0 Å². The topological polar surface area (TPSA) is 61.7 Å². The minimum absolute atomic E-state index is 0.292. The summed E-state index contributed by atoms with van der Waals surface area (Å²) in [6.45, 7) is 4.47. The van der Waals surface area contributed by atoms with E-state index in [1.165, 1.54) is 0 Å². The minimum atomic E-state index is -0.674. The molecule has 5 heteroatoms. The van der Waals surface area contributed by atoms with E-state index in [1.807, 2.05) is 50.2 Å². The van der Waals surface area contributed by atoms with E-state index in [9.17, 15) is 10.1 Å². The van der Waals surface area contributed by atoms with E-state index in [4.69, 9.17) is 4.74 Å².